The third kappa shape index (κ3) is 5.60. The zero-order chi connectivity index (χ0) is 26.8. The van der Waals surface area contributed by atoms with Crippen LogP contribution in [0.25, 0.3) is 11.4 Å². The average molecular weight is 545 g/mol. The largest absolute Gasteiger partial charge is 0.377 e. The van der Waals surface area contributed by atoms with Crippen molar-refractivity contribution < 1.29 is 17.9 Å². The lowest BCUT2D eigenvalue weighted by molar-refractivity contribution is 0.0985. The quantitative estimate of drug-likeness (QED) is 0.457. The van der Waals surface area contributed by atoms with E-state index in [1.807, 2.05) is 13.8 Å². The van der Waals surface area contributed by atoms with Gasteiger partial charge in [-0.2, -0.15) is 0 Å². The summed E-state index contributed by atoms with van der Waals surface area (Å²) in [6, 6.07) is 8.66. The van der Waals surface area contributed by atoms with Crippen LogP contribution >= 0.6 is 11.3 Å². The molecule has 0 spiro atoms. The Morgan fingerprint density at radius 3 is 2.57 bits per heavy atom. The van der Waals surface area contributed by atoms with Crippen LogP contribution in [-0.4, -0.2) is 61.7 Å². The number of hydrogen-bond donors (Lipinski definition) is 2. The summed E-state index contributed by atoms with van der Waals surface area (Å²) in [6.45, 7) is 11.2. The first-order chi connectivity index (χ1) is 17.5. The van der Waals surface area contributed by atoms with Gasteiger partial charge in [-0.3, -0.25) is 0 Å². The molecule has 10 nitrogen and oxygen atoms in total. The number of morpholine rings is 1. The molecular formula is C25H32N6O4S2. The normalized spacial score (nSPS) is 16.5. The molecule has 2 amide bonds. The van der Waals surface area contributed by atoms with Crippen molar-refractivity contribution in [1.82, 2.24) is 20.3 Å². The Morgan fingerprint density at radius 2 is 1.95 bits per heavy atom. The summed E-state index contributed by atoms with van der Waals surface area (Å²) in [5.74, 6) is 1.04. The fourth-order valence-corrected chi connectivity index (χ4v) is 6.81. The highest BCUT2D eigenvalue weighted by atomic mass is 32.2. The van der Waals surface area contributed by atoms with Crippen molar-refractivity contribution in [3.05, 3.63) is 47.1 Å². The molecule has 198 valence electrons. The van der Waals surface area contributed by atoms with Gasteiger partial charge < -0.3 is 20.3 Å². The third-order valence-electron chi connectivity index (χ3n) is 6.23. The van der Waals surface area contributed by atoms with Gasteiger partial charge in [0.25, 0.3) is 0 Å². The average Bonchev–Trinajstić information content (AvgIpc) is 3.31. The summed E-state index contributed by atoms with van der Waals surface area (Å²) in [5, 5.41) is 7.19. The number of nitrogens with zero attached hydrogens (tertiary/aromatic N) is 4. The molecule has 2 N–H and O–H groups in total. The first kappa shape index (κ1) is 27.0. The minimum atomic E-state index is -3.84. The summed E-state index contributed by atoms with van der Waals surface area (Å²) >= 11 is 1.11. The lowest BCUT2D eigenvalue weighted by Crippen LogP contribution is -2.44. The molecule has 37 heavy (non-hydrogen) atoms. The molecule has 1 aromatic carbocycles. The summed E-state index contributed by atoms with van der Waals surface area (Å²) in [4.78, 5) is 27.8. The Hall–Kier alpha value is -3.09. The van der Waals surface area contributed by atoms with Gasteiger partial charge in [-0.05, 0) is 58.9 Å². The number of aryl methyl sites for hydroxylation is 1. The van der Waals surface area contributed by atoms with Crippen LogP contribution in [0.2, 0.25) is 0 Å². The first-order valence-corrected chi connectivity index (χ1v) is 14.4. The van der Waals surface area contributed by atoms with Crippen LogP contribution in [0.1, 0.15) is 39.1 Å². The SMILES string of the molecule is CCNC(=O)Nc1ccc(-c2nc(N3CCOC[C@@H]3C)cc(C(C)(C)S(=O)(=O)c3nc(C)cs3)n2)cc1. The van der Waals surface area contributed by atoms with Gasteiger partial charge in [0.1, 0.15) is 10.6 Å². The van der Waals surface area contributed by atoms with E-state index in [-0.39, 0.29) is 16.4 Å². The fraction of sp³-hybridized carbons (Fsp3) is 0.440. The second kappa shape index (κ2) is 10.7. The van der Waals surface area contributed by atoms with Gasteiger partial charge >= 0.3 is 6.03 Å². The molecule has 0 saturated carbocycles. The van der Waals surface area contributed by atoms with Crippen LogP contribution < -0.4 is 15.5 Å². The Bertz CT molecular complexity index is 1370. The van der Waals surface area contributed by atoms with E-state index in [1.54, 1.807) is 56.5 Å². The van der Waals surface area contributed by atoms with Crippen LogP contribution in [0, 0.1) is 6.92 Å². The van der Waals surface area contributed by atoms with E-state index >= 15 is 0 Å². The highest BCUT2D eigenvalue weighted by molar-refractivity contribution is 7.94. The molecule has 2 aromatic heterocycles. The number of urea groups is 1. The molecule has 1 aliphatic rings. The van der Waals surface area contributed by atoms with E-state index in [1.165, 1.54) is 0 Å². The zero-order valence-electron chi connectivity index (χ0n) is 21.6. The number of anilines is 2. The summed E-state index contributed by atoms with van der Waals surface area (Å²) in [7, 11) is -3.84. The molecule has 0 bridgehead atoms. The number of rotatable bonds is 7. The maximum Gasteiger partial charge on any atom is 0.319 e. The zero-order valence-corrected chi connectivity index (χ0v) is 23.2. The molecule has 3 aromatic rings. The molecule has 0 radical (unpaired) electrons. The van der Waals surface area contributed by atoms with E-state index in [9.17, 15) is 13.2 Å². The Kier molecular flexibility index (Phi) is 7.81. The highest BCUT2D eigenvalue weighted by Crippen LogP contribution is 2.37. The van der Waals surface area contributed by atoms with Gasteiger partial charge in [0.15, 0.2) is 5.82 Å². The molecule has 4 rings (SSSR count). The van der Waals surface area contributed by atoms with E-state index < -0.39 is 14.6 Å². The number of amides is 2. The number of ether oxygens (including phenoxy) is 1. The first-order valence-electron chi connectivity index (χ1n) is 12.1. The van der Waals surface area contributed by atoms with Crippen molar-refractivity contribution in [2.24, 2.45) is 0 Å². The molecule has 1 aliphatic heterocycles. The number of nitrogens with one attached hydrogen (secondary N) is 2. The third-order valence-corrected chi connectivity index (χ3v) is 10.0. The summed E-state index contributed by atoms with van der Waals surface area (Å²) < 4.78 is 31.7. The topological polar surface area (TPSA) is 126 Å². The van der Waals surface area contributed by atoms with Crippen molar-refractivity contribution in [3.8, 4) is 11.4 Å². The number of thiazole rings is 1. The standard InChI is InChI=1S/C25H32N6O4S2/c1-6-26-23(32)28-19-9-7-18(8-10-19)22-29-20(13-21(30-22)31-11-12-35-14-17(31)3)25(4,5)37(33,34)24-27-16(2)15-36-24/h7-10,13,15,17H,6,11-12,14H2,1-5H3,(H2,26,28,32)/t17-/m0/s1. The van der Waals surface area contributed by atoms with Gasteiger partial charge in [0.2, 0.25) is 14.2 Å². The number of carbonyl (C=O) groups is 1. The van der Waals surface area contributed by atoms with Crippen molar-refractivity contribution in [2.45, 2.75) is 49.7 Å². The molecule has 1 fully saturated rings. The van der Waals surface area contributed by atoms with E-state index in [4.69, 9.17) is 14.7 Å². The van der Waals surface area contributed by atoms with Crippen molar-refractivity contribution >= 4 is 38.7 Å². The maximum atomic E-state index is 13.7. The predicted molar refractivity (Wildman–Crippen MR) is 145 cm³/mol. The number of carbonyl (C=O) groups excluding carboxylic acids is 1. The molecular weight excluding hydrogens is 512 g/mol. The fourth-order valence-electron chi connectivity index (χ4n) is 3.94. The maximum absolute atomic E-state index is 13.7. The van der Waals surface area contributed by atoms with Crippen LogP contribution in [0.15, 0.2) is 40.1 Å². The highest BCUT2D eigenvalue weighted by Gasteiger charge is 2.42. The Morgan fingerprint density at radius 1 is 1.22 bits per heavy atom. The van der Waals surface area contributed by atoms with Crippen molar-refractivity contribution in [3.63, 3.8) is 0 Å². The summed E-state index contributed by atoms with van der Waals surface area (Å²) in [6.07, 6.45) is 0. The van der Waals surface area contributed by atoms with E-state index in [0.29, 0.717) is 60.6 Å². The minimum absolute atomic E-state index is 0.0642. The van der Waals surface area contributed by atoms with Gasteiger partial charge in [0, 0.05) is 41.5 Å². The molecule has 0 unspecified atom stereocenters. The van der Waals surface area contributed by atoms with E-state index in [0.717, 1.165) is 11.3 Å². The molecule has 3 heterocycles. The van der Waals surface area contributed by atoms with Crippen LogP contribution in [0.4, 0.5) is 16.3 Å². The smallest absolute Gasteiger partial charge is 0.319 e. The predicted octanol–water partition coefficient (Wildman–Crippen LogP) is 3.98. The van der Waals surface area contributed by atoms with Gasteiger partial charge in [-0.1, -0.05) is 0 Å². The minimum Gasteiger partial charge on any atom is -0.377 e. The van der Waals surface area contributed by atoms with Gasteiger partial charge in [0.05, 0.1) is 24.9 Å². The molecule has 1 saturated heterocycles. The second-order valence-corrected chi connectivity index (χ2v) is 12.9. The van der Waals surface area contributed by atoms with Crippen LogP contribution in [0.3, 0.4) is 0 Å². The number of aromatic nitrogens is 3. The van der Waals surface area contributed by atoms with Crippen molar-refractivity contribution in [2.75, 3.05) is 36.5 Å². The molecule has 1 atom stereocenters. The lowest BCUT2D eigenvalue weighted by Gasteiger charge is -2.35. The van der Waals surface area contributed by atoms with Gasteiger partial charge in [-0.25, -0.2) is 28.2 Å². The molecule has 12 heteroatoms. The summed E-state index contributed by atoms with van der Waals surface area (Å²) in [5.41, 5.74) is 2.36. The second-order valence-electron chi connectivity index (χ2n) is 9.38. The number of hydrogen-bond acceptors (Lipinski definition) is 9. The van der Waals surface area contributed by atoms with Crippen LogP contribution in [-0.2, 0) is 19.3 Å². The number of sulfone groups is 1. The van der Waals surface area contributed by atoms with Crippen LogP contribution in [0.5, 0.6) is 0 Å². The number of benzene rings is 1. The van der Waals surface area contributed by atoms with Gasteiger partial charge in [-0.15, -0.1) is 11.3 Å². The van der Waals surface area contributed by atoms with E-state index in [2.05, 4.69) is 20.5 Å². The Labute approximate surface area is 221 Å². The monoisotopic (exact) mass is 544 g/mol. The van der Waals surface area contributed by atoms with Crippen molar-refractivity contribution in [1.29, 1.82) is 0 Å². The Balaban J connectivity index is 1.78. The lowest BCUT2D eigenvalue weighted by atomic mass is 10.1. The molecule has 0 aliphatic carbocycles.